The largest absolute Gasteiger partial charge is 0.488 e. The van der Waals surface area contributed by atoms with Crippen LogP contribution in [-0.4, -0.2) is 29.1 Å². The molecule has 2 amide bonds. The van der Waals surface area contributed by atoms with Crippen molar-refractivity contribution in [2.75, 3.05) is 7.11 Å². The van der Waals surface area contributed by atoms with Crippen LogP contribution in [0, 0.1) is 11.3 Å². The quantitative estimate of drug-likeness (QED) is 0.278. The van der Waals surface area contributed by atoms with Crippen molar-refractivity contribution in [3.8, 4) is 11.8 Å². The van der Waals surface area contributed by atoms with Crippen molar-refractivity contribution in [2.45, 2.75) is 13.2 Å². The molecule has 0 unspecified atom stereocenters. The minimum atomic E-state index is -0.641. The first kappa shape index (κ1) is 24.3. The Hall–Kier alpha value is -3.81. The number of halogens is 1. The molecule has 0 bridgehead atoms. The first-order valence-corrected chi connectivity index (χ1v) is 11.8. The normalized spacial score (nSPS) is 14.3. The molecule has 1 aliphatic rings. The minimum Gasteiger partial charge on any atom is -0.488 e. The number of carbonyl (C=O) groups excluding carboxylic acids is 3. The van der Waals surface area contributed by atoms with E-state index in [0.29, 0.717) is 21.3 Å². The van der Waals surface area contributed by atoms with Gasteiger partial charge < -0.3 is 13.9 Å². The van der Waals surface area contributed by atoms with Gasteiger partial charge in [0.25, 0.3) is 11.1 Å². The number of amides is 2. The molecule has 0 atom stereocenters. The van der Waals surface area contributed by atoms with Gasteiger partial charge in [-0.25, -0.2) is 4.79 Å². The zero-order valence-electron chi connectivity index (χ0n) is 18.3. The number of esters is 1. The van der Waals surface area contributed by atoms with Crippen LogP contribution in [0.1, 0.15) is 33.0 Å². The molecule has 1 fully saturated rings. The number of hydrogen-bond acceptors (Lipinski definition) is 8. The third-order valence-corrected chi connectivity index (χ3v) is 6.54. The molecule has 8 nitrogen and oxygen atoms in total. The van der Waals surface area contributed by atoms with E-state index in [1.807, 2.05) is 12.1 Å². The Bertz CT molecular complexity index is 1390. The average Bonchev–Trinajstić information content (AvgIpc) is 3.43. The molecule has 2 heterocycles. The Morgan fingerprint density at radius 3 is 2.74 bits per heavy atom. The minimum absolute atomic E-state index is 0.00622. The number of nitriles is 1. The summed E-state index contributed by atoms with van der Waals surface area (Å²) in [5, 5.41) is 8.78. The van der Waals surface area contributed by atoms with Gasteiger partial charge in [0.15, 0.2) is 0 Å². The number of carbonyl (C=O) groups is 3. The predicted molar refractivity (Wildman–Crippen MR) is 131 cm³/mol. The van der Waals surface area contributed by atoms with E-state index in [1.165, 1.54) is 19.2 Å². The number of rotatable bonds is 7. The molecular formula is C25H17BrN2O6S. The zero-order chi connectivity index (χ0) is 24.9. The van der Waals surface area contributed by atoms with Crippen LogP contribution in [0.5, 0.6) is 5.75 Å². The molecule has 1 saturated heterocycles. The van der Waals surface area contributed by atoms with Gasteiger partial charge >= 0.3 is 5.97 Å². The molecule has 0 N–H and O–H groups in total. The van der Waals surface area contributed by atoms with E-state index in [1.54, 1.807) is 36.4 Å². The highest BCUT2D eigenvalue weighted by molar-refractivity contribution is 9.10. The van der Waals surface area contributed by atoms with Crippen LogP contribution >= 0.6 is 27.7 Å². The second-order valence-electron chi connectivity index (χ2n) is 7.27. The smallest absolute Gasteiger partial charge is 0.373 e. The van der Waals surface area contributed by atoms with Crippen molar-refractivity contribution in [2.24, 2.45) is 0 Å². The van der Waals surface area contributed by atoms with Crippen LogP contribution in [0.15, 0.2) is 68.4 Å². The van der Waals surface area contributed by atoms with Gasteiger partial charge in [-0.15, -0.1) is 0 Å². The summed E-state index contributed by atoms with van der Waals surface area (Å²) in [7, 11) is 1.23. The van der Waals surface area contributed by atoms with Crippen molar-refractivity contribution in [3.05, 3.63) is 92.2 Å². The van der Waals surface area contributed by atoms with E-state index in [9.17, 15) is 19.6 Å². The van der Waals surface area contributed by atoms with Crippen molar-refractivity contribution in [1.82, 2.24) is 4.90 Å². The molecular weight excluding hydrogens is 536 g/mol. The van der Waals surface area contributed by atoms with Gasteiger partial charge in [0, 0.05) is 5.56 Å². The molecule has 0 spiro atoms. The third-order valence-electron chi connectivity index (χ3n) is 5.01. The first-order chi connectivity index (χ1) is 16.9. The summed E-state index contributed by atoms with van der Waals surface area (Å²) in [4.78, 5) is 38.1. The summed E-state index contributed by atoms with van der Waals surface area (Å²) >= 11 is 4.29. The van der Waals surface area contributed by atoms with E-state index in [4.69, 9.17) is 9.15 Å². The van der Waals surface area contributed by atoms with E-state index in [-0.39, 0.29) is 29.6 Å². The molecule has 35 heavy (non-hydrogen) atoms. The maximum atomic E-state index is 12.8. The molecule has 4 rings (SSSR count). The number of furan rings is 1. The number of methoxy groups -OCH3 is 1. The van der Waals surface area contributed by atoms with Crippen LogP contribution in [0.2, 0.25) is 0 Å². The van der Waals surface area contributed by atoms with E-state index >= 15 is 0 Å². The second-order valence-corrected chi connectivity index (χ2v) is 9.12. The lowest BCUT2D eigenvalue weighted by Gasteiger charge is -2.10. The van der Waals surface area contributed by atoms with Gasteiger partial charge in [0.1, 0.15) is 18.1 Å². The summed E-state index contributed by atoms with van der Waals surface area (Å²) in [6.07, 6.45) is 1.62. The maximum Gasteiger partial charge on any atom is 0.373 e. The number of nitrogens with zero attached hydrogens (tertiary/aromatic N) is 2. The Morgan fingerprint density at radius 1 is 1.20 bits per heavy atom. The summed E-state index contributed by atoms with van der Waals surface area (Å²) in [5.74, 6) is -0.246. The summed E-state index contributed by atoms with van der Waals surface area (Å²) in [6, 6.07) is 17.6. The highest BCUT2D eigenvalue weighted by Gasteiger charge is 2.35. The topological polar surface area (TPSA) is 110 Å². The lowest BCUT2D eigenvalue weighted by molar-refractivity contribution is -0.123. The van der Waals surface area contributed by atoms with Crippen molar-refractivity contribution in [3.63, 3.8) is 0 Å². The van der Waals surface area contributed by atoms with E-state index in [0.717, 1.165) is 22.2 Å². The Kier molecular flexibility index (Phi) is 7.39. The number of hydrogen-bond donors (Lipinski definition) is 0. The van der Waals surface area contributed by atoms with Crippen molar-refractivity contribution in [1.29, 1.82) is 5.26 Å². The molecule has 0 radical (unpaired) electrons. The number of benzene rings is 2. The van der Waals surface area contributed by atoms with Gasteiger partial charge in [0.2, 0.25) is 5.76 Å². The predicted octanol–water partition coefficient (Wildman–Crippen LogP) is 5.52. The number of ether oxygens (including phenoxy) is 2. The Balaban J connectivity index is 1.44. The molecule has 3 aromatic rings. The van der Waals surface area contributed by atoms with Crippen molar-refractivity contribution >= 4 is 50.9 Å². The lowest BCUT2D eigenvalue weighted by Crippen LogP contribution is -2.27. The maximum absolute atomic E-state index is 12.8. The van der Waals surface area contributed by atoms with E-state index < -0.39 is 17.1 Å². The molecule has 0 aliphatic carbocycles. The second kappa shape index (κ2) is 10.6. The SMILES string of the molecule is COC(=O)c1ccc(CN2C(=O)S/C(=C/c3ccc(OCc4ccccc4C#N)c(Br)c3)C2=O)o1. The molecule has 176 valence electrons. The van der Waals surface area contributed by atoms with Gasteiger partial charge in [-0.1, -0.05) is 24.3 Å². The number of imide groups is 1. The van der Waals surface area contributed by atoms with Crippen LogP contribution in [0.25, 0.3) is 6.08 Å². The first-order valence-electron chi connectivity index (χ1n) is 10.2. The van der Waals surface area contributed by atoms with Gasteiger partial charge in [0.05, 0.1) is 34.7 Å². The highest BCUT2D eigenvalue weighted by Crippen LogP contribution is 2.35. The van der Waals surface area contributed by atoms with Crippen LogP contribution in [-0.2, 0) is 22.7 Å². The lowest BCUT2D eigenvalue weighted by atomic mass is 10.1. The van der Waals surface area contributed by atoms with Crippen LogP contribution in [0.3, 0.4) is 0 Å². The van der Waals surface area contributed by atoms with Gasteiger partial charge in [-0.05, 0) is 69.7 Å². The fourth-order valence-corrected chi connectivity index (χ4v) is 4.60. The van der Waals surface area contributed by atoms with Gasteiger partial charge in [-0.3, -0.25) is 14.5 Å². The third kappa shape index (κ3) is 5.48. The molecule has 1 aromatic heterocycles. The average molecular weight is 553 g/mol. The zero-order valence-corrected chi connectivity index (χ0v) is 20.7. The molecule has 10 heteroatoms. The fraction of sp³-hybridized carbons (Fsp3) is 0.120. The number of thioether (sulfide) groups is 1. The summed E-state index contributed by atoms with van der Waals surface area (Å²) in [5.41, 5.74) is 2.01. The Morgan fingerprint density at radius 2 is 2.00 bits per heavy atom. The van der Waals surface area contributed by atoms with Crippen molar-refractivity contribution < 1.29 is 28.3 Å². The van der Waals surface area contributed by atoms with Crippen LogP contribution in [0.4, 0.5) is 4.79 Å². The summed E-state index contributed by atoms with van der Waals surface area (Å²) < 4.78 is 16.5. The Labute approximate surface area is 213 Å². The fourth-order valence-electron chi connectivity index (χ4n) is 3.25. The van der Waals surface area contributed by atoms with E-state index in [2.05, 4.69) is 26.7 Å². The van der Waals surface area contributed by atoms with Gasteiger partial charge in [-0.2, -0.15) is 5.26 Å². The highest BCUT2D eigenvalue weighted by atomic mass is 79.9. The monoisotopic (exact) mass is 552 g/mol. The molecule has 0 saturated carbocycles. The summed E-state index contributed by atoms with van der Waals surface area (Å²) in [6.45, 7) is 0.130. The molecule has 1 aliphatic heterocycles. The molecule has 2 aromatic carbocycles. The standard InChI is InChI=1S/C25H17BrN2O6S/c1-32-24(30)21-9-7-18(34-21)13-28-23(29)22(35-25(28)31)11-15-6-8-20(19(26)10-15)33-14-17-5-3-2-4-16(17)12-27/h2-11H,13-14H2,1H3/b22-11+. The van der Waals surface area contributed by atoms with Crippen LogP contribution < -0.4 is 4.74 Å².